The van der Waals surface area contributed by atoms with E-state index in [1.54, 1.807) is 11.8 Å². The molecule has 1 aliphatic heterocycles. The lowest BCUT2D eigenvalue weighted by Crippen LogP contribution is -2.48. The molecule has 1 aliphatic rings. The Morgan fingerprint density at radius 1 is 1.35 bits per heavy atom. The average Bonchev–Trinajstić information content (AvgIpc) is 2.47. The monoisotopic (exact) mass is 277 g/mol. The van der Waals surface area contributed by atoms with Crippen molar-refractivity contribution >= 4 is 11.8 Å². The Bertz CT molecular complexity index is 498. The summed E-state index contributed by atoms with van der Waals surface area (Å²) in [6.07, 6.45) is 4.58. The minimum absolute atomic E-state index is 0.0641. The maximum Gasteiger partial charge on any atom is 0.274 e. The zero-order chi connectivity index (χ0) is 14.5. The van der Waals surface area contributed by atoms with E-state index in [0.717, 1.165) is 32.4 Å². The van der Waals surface area contributed by atoms with Gasteiger partial charge in [0.05, 0.1) is 0 Å². The van der Waals surface area contributed by atoms with E-state index in [1.165, 1.54) is 18.3 Å². The molecule has 0 saturated carbocycles. The zero-order valence-corrected chi connectivity index (χ0v) is 11.5. The van der Waals surface area contributed by atoms with Crippen LogP contribution in [0.4, 0.5) is 0 Å². The van der Waals surface area contributed by atoms with Gasteiger partial charge in [0.15, 0.2) is 5.69 Å². The van der Waals surface area contributed by atoms with Crippen LogP contribution in [0.1, 0.15) is 36.7 Å². The number of nitrogens with zero attached hydrogens (tertiary/aromatic N) is 2. The summed E-state index contributed by atoms with van der Waals surface area (Å²) in [7, 11) is 0. The second kappa shape index (κ2) is 6.36. The maximum absolute atomic E-state index is 12.2. The number of hydrogen-bond donors (Lipinski definition) is 2. The SMILES string of the molecule is CC(NC(=O)c1ncccc1O)C(=O)N1CCCCC1. The van der Waals surface area contributed by atoms with Crippen LogP contribution in [-0.2, 0) is 4.79 Å². The number of piperidine rings is 1. The van der Waals surface area contributed by atoms with Crippen molar-refractivity contribution in [2.45, 2.75) is 32.2 Å². The van der Waals surface area contributed by atoms with Crippen molar-refractivity contribution in [1.29, 1.82) is 0 Å². The number of pyridine rings is 1. The van der Waals surface area contributed by atoms with Crippen molar-refractivity contribution in [3.05, 3.63) is 24.0 Å². The van der Waals surface area contributed by atoms with Crippen molar-refractivity contribution < 1.29 is 14.7 Å². The van der Waals surface area contributed by atoms with Gasteiger partial charge in [0.2, 0.25) is 5.91 Å². The fourth-order valence-electron chi connectivity index (χ4n) is 2.29. The van der Waals surface area contributed by atoms with E-state index in [2.05, 4.69) is 10.3 Å². The number of aromatic hydroxyl groups is 1. The Hall–Kier alpha value is -2.11. The zero-order valence-electron chi connectivity index (χ0n) is 11.5. The van der Waals surface area contributed by atoms with Crippen molar-refractivity contribution in [1.82, 2.24) is 15.2 Å². The first-order valence-corrected chi connectivity index (χ1v) is 6.83. The quantitative estimate of drug-likeness (QED) is 0.860. The third kappa shape index (κ3) is 3.26. The van der Waals surface area contributed by atoms with Gasteiger partial charge in [0, 0.05) is 19.3 Å². The maximum atomic E-state index is 12.2. The Morgan fingerprint density at radius 3 is 2.70 bits per heavy atom. The first-order chi connectivity index (χ1) is 9.59. The van der Waals surface area contributed by atoms with Crippen LogP contribution in [0.25, 0.3) is 0 Å². The summed E-state index contributed by atoms with van der Waals surface area (Å²) < 4.78 is 0. The van der Waals surface area contributed by atoms with Gasteiger partial charge in [-0.15, -0.1) is 0 Å². The normalized spacial score (nSPS) is 16.6. The number of aromatic nitrogens is 1. The molecule has 1 atom stereocenters. The molecular formula is C14H19N3O3. The van der Waals surface area contributed by atoms with Crippen molar-refractivity contribution in [2.24, 2.45) is 0 Å². The van der Waals surface area contributed by atoms with Crippen molar-refractivity contribution in [2.75, 3.05) is 13.1 Å². The molecule has 6 nitrogen and oxygen atoms in total. The van der Waals surface area contributed by atoms with Crippen LogP contribution in [0.15, 0.2) is 18.3 Å². The highest BCUT2D eigenvalue weighted by Crippen LogP contribution is 2.13. The molecule has 2 amide bonds. The van der Waals surface area contributed by atoms with Crippen LogP contribution >= 0.6 is 0 Å². The van der Waals surface area contributed by atoms with E-state index >= 15 is 0 Å². The smallest absolute Gasteiger partial charge is 0.274 e. The van der Waals surface area contributed by atoms with E-state index in [4.69, 9.17) is 0 Å². The standard InChI is InChI=1S/C14H19N3O3/c1-10(14(20)17-8-3-2-4-9-17)16-13(19)12-11(18)6-5-7-15-12/h5-7,10,18H,2-4,8-9H2,1H3,(H,16,19). The van der Waals surface area contributed by atoms with Gasteiger partial charge < -0.3 is 15.3 Å². The number of carbonyl (C=O) groups is 2. The fourth-order valence-corrected chi connectivity index (χ4v) is 2.29. The highest BCUT2D eigenvalue weighted by Gasteiger charge is 2.24. The Balaban J connectivity index is 1.97. The first-order valence-electron chi connectivity index (χ1n) is 6.83. The summed E-state index contributed by atoms with van der Waals surface area (Å²) in [4.78, 5) is 29.7. The van der Waals surface area contributed by atoms with Crippen LogP contribution < -0.4 is 5.32 Å². The molecule has 108 valence electrons. The molecular weight excluding hydrogens is 258 g/mol. The number of amides is 2. The molecule has 1 aromatic heterocycles. The molecule has 0 aromatic carbocycles. The molecule has 1 saturated heterocycles. The molecule has 2 N–H and O–H groups in total. The van der Waals surface area contributed by atoms with E-state index in [1.807, 2.05) is 0 Å². The lowest BCUT2D eigenvalue weighted by Gasteiger charge is -2.29. The Morgan fingerprint density at radius 2 is 2.05 bits per heavy atom. The van der Waals surface area contributed by atoms with Gasteiger partial charge in [-0.05, 0) is 38.3 Å². The van der Waals surface area contributed by atoms with Crippen LogP contribution in [0.5, 0.6) is 5.75 Å². The predicted molar refractivity (Wildman–Crippen MR) is 73.3 cm³/mol. The fraction of sp³-hybridized carbons (Fsp3) is 0.500. The van der Waals surface area contributed by atoms with Crippen molar-refractivity contribution in [3.63, 3.8) is 0 Å². The van der Waals surface area contributed by atoms with Crippen molar-refractivity contribution in [3.8, 4) is 5.75 Å². The van der Waals surface area contributed by atoms with Crippen LogP contribution in [0, 0.1) is 0 Å². The van der Waals surface area contributed by atoms with Crippen LogP contribution in [-0.4, -0.2) is 45.9 Å². The van der Waals surface area contributed by atoms with E-state index in [-0.39, 0.29) is 17.4 Å². The molecule has 2 heterocycles. The van der Waals surface area contributed by atoms with Gasteiger partial charge in [0.1, 0.15) is 11.8 Å². The molecule has 20 heavy (non-hydrogen) atoms. The first kappa shape index (κ1) is 14.3. The minimum Gasteiger partial charge on any atom is -0.505 e. The molecule has 0 aliphatic carbocycles. The molecule has 0 spiro atoms. The lowest BCUT2D eigenvalue weighted by atomic mass is 10.1. The number of likely N-dealkylation sites (tertiary alicyclic amines) is 1. The number of carbonyl (C=O) groups excluding carboxylic acids is 2. The Kier molecular flexibility index (Phi) is 4.55. The van der Waals surface area contributed by atoms with Gasteiger partial charge in [-0.1, -0.05) is 0 Å². The summed E-state index contributed by atoms with van der Waals surface area (Å²) in [6, 6.07) is 2.30. The molecule has 0 bridgehead atoms. The molecule has 1 unspecified atom stereocenters. The summed E-state index contributed by atoms with van der Waals surface area (Å²) in [6.45, 7) is 3.14. The van der Waals surface area contributed by atoms with Gasteiger partial charge in [0.25, 0.3) is 5.91 Å². The molecule has 0 radical (unpaired) electrons. The number of rotatable bonds is 3. The highest BCUT2D eigenvalue weighted by molar-refractivity contribution is 5.97. The predicted octanol–water partition coefficient (Wildman–Crippen LogP) is 0.918. The third-order valence-corrected chi connectivity index (χ3v) is 3.39. The summed E-state index contributed by atoms with van der Waals surface area (Å²) in [5.74, 6) is -0.822. The second-order valence-electron chi connectivity index (χ2n) is 4.95. The second-order valence-corrected chi connectivity index (χ2v) is 4.95. The lowest BCUT2D eigenvalue weighted by molar-refractivity contribution is -0.133. The molecule has 2 rings (SSSR count). The van der Waals surface area contributed by atoms with E-state index in [9.17, 15) is 14.7 Å². The van der Waals surface area contributed by atoms with Gasteiger partial charge in [-0.2, -0.15) is 0 Å². The minimum atomic E-state index is -0.623. The van der Waals surface area contributed by atoms with E-state index < -0.39 is 11.9 Å². The van der Waals surface area contributed by atoms with Crippen LogP contribution in [0.2, 0.25) is 0 Å². The average molecular weight is 277 g/mol. The van der Waals surface area contributed by atoms with Gasteiger partial charge >= 0.3 is 0 Å². The summed E-state index contributed by atoms with van der Waals surface area (Å²) >= 11 is 0. The summed E-state index contributed by atoms with van der Waals surface area (Å²) in [5.41, 5.74) is -0.0641. The molecule has 1 fully saturated rings. The highest BCUT2D eigenvalue weighted by atomic mass is 16.3. The number of hydrogen-bond acceptors (Lipinski definition) is 4. The van der Waals surface area contributed by atoms with E-state index in [0.29, 0.717) is 0 Å². The van der Waals surface area contributed by atoms with Crippen LogP contribution in [0.3, 0.4) is 0 Å². The summed E-state index contributed by atoms with van der Waals surface area (Å²) in [5, 5.41) is 12.1. The number of nitrogens with one attached hydrogen (secondary N) is 1. The topological polar surface area (TPSA) is 82.5 Å². The third-order valence-electron chi connectivity index (χ3n) is 3.39. The van der Waals surface area contributed by atoms with Gasteiger partial charge in [-0.3, -0.25) is 9.59 Å². The van der Waals surface area contributed by atoms with Gasteiger partial charge in [-0.25, -0.2) is 4.98 Å². The largest absolute Gasteiger partial charge is 0.505 e. The molecule has 1 aromatic rings. The Labute approximate surface area is 117 Å². The molecule has 6 heteroatoms.